The molecule has 2 aromatic heterocycles. The fraction of sp³-hybridized carbons (Fsp3) is 0.455. The first-order valence-electron chi connectivity index (χ1n) is 15.7. The Kier molecular flexibility index (Phi) is 6.21. The monoisotopic (exact) mass is 629 g/mol. The molecule has 0 radical (unpaired) electrons. The number of rotatable bonds is 4. The number of amides is 3. The highest BCUT2D eigenvalue weighted by molar-refractivity contribution is 5.96. The Morgan fingerprint density at radius 3 is 2.76 bits per heavy atom. The number of ether oxygens (including phenoxy) is 1. The molecule has 1 aliphatic carbocycles. The molecule has 8 rings (SSSR count). The van der Waals surface area contributed by atoms with E-state index >= 15 is 4.39 Å². The van der Waals surface area contributed by atoms with Gasteiger partial charge in [-0.1, -0.05) is 6.92 Å². The molecule has 238 valence electrons. The van der Waals surface area contributed by atoms with Crippen molar-refractivity contribution in [2.24, 2.45) is 0 Å². The van der Waals surface area contributed by atoms with Gasteiger partial charge in [0.05, 0.1) is 41.6 Å². The van der Waals surface area contributed by atoms with Crippen LogP contribution in [0.4, 0.5) is 4.39 Å². The number of carbonyl (C=O) groups excluding carboxylic acids is 4. The summed E-state index contributed by atoms with van der Waals surface area (Å²) in [6, 6.07) is 1.54. The van der Waals surface area contributed by atoms with Crippen LogP contribution in [0, 0.1) is 12.7 Å². The number of hydrogen-bond acceptors (Lipinski definition) is 8. The maximum atomic E-state index is 15.2. The van der Waals surface area contributed by atoms with Gasteiger partial charge in [0.15, 0.2) is 5.60 Å². The van der Waals surface area contributed by atoms with Gasteiger partial charge in [-0.05, 0) is 61.8 Å². The number of cyclic esters (lactones) is 1. The van der Waals surface area contributed by atoms with E-state index in [2.05, 4.69) is 10.6 Å². The predicted octanol–water partition coefficient (Wildman–Crippen LogP) is 1.51. The van der Waals surface area contributed by atoms with Crippen molar-refractivity contribution in [3.63, 3.8) is 0 Å². The lowest BCUT2D eigenvalue weighted by atomic mass is 9.81. The summed E-state index contributed by atoms with van der Waals surface area (Å²) in [6.45, 7) is 3.15. The third-order valence-electron chi connectivity index (χ3n) is 10.6. The second kappa shape index (κ2) is 9.92. The number of esters is 1. The number of carbonyl (C=O) groups is 4. The zero-order valence-corrected chi connectivity index (χ0v) is 25.4. The number of piperazine rings is 1. The zero-order valence-electron chi connectivity index (χ0n) is 25.4. The molecule has 0 bridgehead atoms. The van der Waals surface area contributed by atoms with Crippen LogP contribution in [0.5, 0.6) is 0 Å². The van der Waals surface area contributed by atoms with Crippen molar-refractivity contribution in [2.45, 2.75) is 89.3 Å². The fourth-order valence-electron chi connectivity index (χ4n) is 8.26. The average molecular weight is 630 g/mol. The van der Waals surface area contributed by atoms with Gasteiger partial charge >= 0.3 is 5.97 Å². The summed E-state index contributed by atoms with van der Waals surface area (Å²) >= 11 is 0. The van der Waals surface area contributed by atoms with Crippen LogP contribution in [0.25, 0.3) is 22.3 Å². The Bertz CT molecular complexity index is 2010. The SMILES string of the molecule is CC[C@@]1(O)C(=O)OCc2c1cc1n(c2=O)Cc2c-1nc1cc(F)c(C)c3c1c2[C@@H](NC(=O)CC1CCC2C(=O)NCC(=O)N12)CC3. The minimum absolute atomic E-state index is 0.00236. The first-order valence-corrected chi connectivity index (χ1v) is 15.7. The normalized spacial score (nSPS) is 25.9. The molecule has 2 unspecified atom stereocenters. The second-order valence-corrected chi connectivity index (χ2v) is 12.9. The first kappa shape index (κ1) is 28.8. The molecule has 4 aliphatic heterocycles. The lowest BCUT2D eigenvalue weighted by molar-refractivity contribution is -0.172. The molecule has 0 spiro atoms. The molecule has 2 fully saturated rings. The summed E-state index contributed by atoms with van der Waals surface area (Å²) in [5.41, 5.74) is 1.97. The summed E-state index contributed by atoms with van der Waals surface area (Å²) in [6.07, 6.45) is 2.05. The zero-order chi connectivity index (χ0) is 32.2. The maximum Gasteiger partial charge on any atom is 0.343 e. The molecule has 13 heteroatoms. The van der Waals surface area contributed by atoms with Crippen LogP contribution >= 0.6 is 0 Å². The third kappa shape index (κ3) is 3.87. The van der Waals surface area contributed by atoms with Gasteiger partial charge in [0.25, 0.3) is 5.56 Å². The van der Waals surface area contributed by atoms with Gasteiger partial charge in [-0.25, -0.2) is 14.2 Å². The summed E-state index contributed by atoms with van der Waals surface area (Å²) < 4.78 is 21.9. The van der Waals surface area contributed by atoms with E-state index in [-0.39, 0.29) is 61.4 Å². The van der Waals surface area contributed by atoms with Crippen molar-refractivity contribution in [1.82, 2.24) is 25.1 Å². The predicted molar refractivity (Wildman–Crippen MR) is 160 cm³/mol. The molecule has 46 heavy (non-hydrogen) atoms. The largest absolute Gasteiger partial charge is 0.458 e. The van der Waals surface area contributed by atoms with Crippen LogP contribution in [0.2, 0.25) is 0 Å². The topological polar surface area (TPSA) is 160 Å². The molecule has 3 aromatic rings. The lowest BCUT2D eigenvalue weighted by Crippen LogP contribution is -2.58. The highest BCUT2D eigenvalue weighted by atomic mass is 19.1. The van der Waals surface area contributed by atoms with E-state index in [1.54, 1.807) is 24.8 Å². The van der Waals surface area contributed by atoms with Crippen LogP contribution in [-0.2, 0) is 49.1 Å². The van der Waals surface area contributed by atoms with Gasteiger partial charge in [0.2, 0.25) is 17.7 Å². The molecule has 3 N–H and O–H groups in total. The summed E-state index contributed by atoms with van der Waals surface area (Å²) in [5, 5.41) is 17.8. The number of nitrogens with zero attached hydrogens (tertiary/aromatic N) is 3. The van der Waals surface area contributed by atoms with Crippen molar-refractivity contribution in [3.05, 3.63) is 61.7 Å². The number of aromatic nitrogens is 2. The smallest absolute Gasteiger partial charge is 0.343 e. The van der Waals surface area contributed by atoms with Crippen molar-refractivity contribution >= 4 is 34.6 Å². The number of fused-ring (bicyclic) bond motifs is 6. The molecular weight excluding hydrogens is 597 g/mol. The molecule has 3 amide bonds. The number of halogens is 1. The van der Waals surface area contributed by atoms with Gasteiger partial charge in [-0.3, -0.25) is 19.2 Å². The molecule has 4 atom stereocenters. The summed E-state index contributed by atoms with van der Waals surface area (Å²) in [7, 11) is 0. The quantitative estimate of drug-likeness (QED) is 0.287. The van der Waals surface area contributed by atoms with E-state index in [4.69, 9.17) is 9.72 Å². The van der Waals surface area contributed by atoms with Crippen molar-refractivity contribution < 1.29 is 33.4 Å². The molecule has 6 heterocycles. The van der Waals surface area contributed by atoms with Crippen molar-refractivity contribution in [2.75, 3.05) is 6.54 Å². The van der Waals surface area contributed by atoms with Crippen LogP contribution in [0.1, 0.15) is 78.5 Å². The molecule has 2 saturated heterocycles. The second-order valence-electron chi connectivity index (χ2n) is 12.9. The van der Waals surface area contributed by atoms with E-state index in [1.807, 2.05) is 0 Å². The van der Waals surface area contributed by atoms with E-state index in [9.17, 15) is 29.1 Å². The van der Waals surface area contributed by atoms with Gasteiger partial charge in [0, 0.05) is 35.0 Å². The highest BCUT2D eigenvalue weighted by Gasteiger charge is 2.47. The fourth-order valence-corrected chi connectivity index (χ4v) is 8.26. The molecule has 12 nitrogen and oxygen atoms in total. The van der Waals surface area contributed by atoms with Crippen LogP contribution in [0.3, 0.4) is 0 Å². The van der Waals surface area contributed by atoms with Gasteiger partial charge in [-0.2, -0.15) is 0 Å². The van der Waals surface area contributed by atoms with Crippen LogP contribution < -0.4 is 16.2 Å². The minimum Gasteiger partial charge on any atom is -0.458 e. The number of aliphatic hydroxyl groups is 1. The van der Waals surface area contributed by atoms with Crippen molar-refractivity contribution in [3.8, 4) is 11.4 Å². The number of nitrogens with one attached hydrogen (secondary N) is 2. The summed E-state index contributed by atoms with van der Waals surface area (Å²) in [4.78, 5) is 71.4. The number of pyridine rings is 2. The molecule has 1 aromatic carbocycles. The number of hydrogen-bond donors (Lipinski definition) is 3. The standard InChI is InChI=1S/C33H32FN5O7/c1-3-33(45)19-9-24-29-17(12-38(24)31(43)18(19)13-46-32(33)44)28-21(6-5-16-14(2)20(34)10-22(37-29)27(16)28)36-25(40)8-15-4-7-23-30(42)35-11-26(41)39(15)23/h9-10,15,21,23,45H,3-8,11-13H2,1-2H3,(H,35,42)(H,36,40)/t15?,21-,23?,33-/m0/s1. The first-order chi connectivity index (χ1) is 22.0. The summed E-state index contributed by atoms with van der Waals surface area (Å²) in [5.74, 6) is -1.91. The Morgan fingerprint density at radius 2 is 1.98 bits per heavy atom. The van der Waals surface area contributed by atoms with E-state index in [0.717, 1.165) is 16.5 Å². The lowest BCUT2D eigenvalue weighted by Gasteiger charge is -2.34. The third-order valence-corrected chi connectivity index (χ3v) is 10.6. The maximum absolute atomic E-state index is 15.2. The number of aryl methyl sites for hydroxylation is 1. The Labute approximate surface area is 261 Å². The van der Waals surface area contributed by atoms with Gasteiger partial charge in [-0.15, -0.1) is 0 Å². The van der Waals surface area contributed by atoms with Crippen LogP contribution in [0.15, 0.2) is 16.9 Å². The van der Waals surface area contributed by atoms with E-state index in [1.165, 1.54) is 10.6 Å². The molecule has 0 saturated carbocycles. The van der Waals surface area contributed by atoms with E-state index in [0.29, 0.717) is 53.7 Å². The van der Waals surface area contributed by atoms with Gasteiger partial charge in [0.1, 0.15) is 18.5 Å². The highest BCUT2D eigenvalue weighted by Crippen LogP contribution is 2.46. The average Bonchev–Trinajstić information content (AvgIpc) is 3.63. The number of benzene rings is 1. The molecule has 5 aliphatic rings. The minimum atomic E-state index is -1.99. The Morgan fingerprint density at radius 1 is 1.17 bits per heavy atom. The van der Waals surface area contributed by atoms with Crippen LogP contribution in [-0.4, -0.2) is 61.9 Å². The Balaban J connectivity index is 1.22. The Hall–Kier alpha value is -4.65. The van der Waals surface area contributed by atoms with Gasteiger partial charge < -0.3 is 29.9 Å². The van der Waals surface area contributed by atoms with Crippen molar-refractivity contribution in [1.29, 1.82) is 0 Å². The molecular formula is C33H32FN5O7. The van der Waals surface area contributed by atoms with E-state index < -0.39 is 41.1 Å².